The fourth-order valence-corrected chi connectivity index (χ4v) is 4.39. The van der Waals surface area contributed by atoms with E-state index in [1.165, 1.54) is 0 Å². The van der Waals surface area contributed by atoms with Gasteiger partial charge in [0.1, 0.15) is 11.8 Å². The lowest BCUT2D eigenvalue weighted by Crippen LogP contribution is -2.50. The Morgan fingerprint density at radius 1 is 0.763 bits per heavy atom. The number of halogens is 1. The summed E-state index contributed by atoms with van der Waals surface area (Å²) in [5.74, 6) is 0.392. The maximum Gasteiger partial charge on any atom is 0.243 e. The number of carbonyl (C=O) groups excluding carboxylic acids is 2. The highest BCUT2D eigenvalue weighted by Gasteiger charge is 2.30. The van der Waals surface area contributed by atoms with E-state index in [1.54, 1.807) is 24.1 Å². The van der Waals surface area contributed by atoms with Crippen LogP contribution in [-0.4, -0.2) is 29.9 Å². The zero-order valence-corrected chi connectivity index (χ0v) is 22.1. The predicted molar refractivity (Wildman–Crippen MR) is 151 cm³/mol. The number of hydrogen-bond donors (Lipinski definition) is 1. The van der Waals surface area contributed by atoms with Gasteiger partial charge in [0.15, 0.2) is 0 Å². The summed E-state index contributed by atoms with van der Waals surface area (Å²) in [6.07, 6.45) is 0.550. The molecule has 0 aromatic heterocycles. The van der Waals surface area contributed by atoms with E-state index in [1.807, 2.05) is 97.1 Å². The van der Waals surface area contributed by atoms with Gasteiger partial charge in [-0.1, -0.05) is 96.5 Å². The molecule has 1 atom stereocenters. The van der Waals surface area contributed by atoms with Gasteiger partial charge in [0, 0.05) is 24.5 Å². The number of carbonyl (C=O) groups is 2. The summed E-state index contributed by atoms with van der Waals surface area (Å²) < 4.78 is 5.29. The first-order valence-corrected chi connectivity index (χ1v) is 12.9. The van der Waals surface area contributed by atoms with E-state index in [-0.39, 0.29) is 24.8 Å². The molecule has 0 radical (unpaired) electrons. The second kappa shape index (κ2) is 13.5. The van der Waals surface area contributed by atoms with Crippen molar-refractivity contribution in [3.05, 3.63) is 136 Å². The predicted octanol–water partition coefficient (Wildman–Crippen LogP) is 5.85. The van der Waals surface area contributed by atoms with Crippen LogP contribution in [0.5, 0.6) is 5.75 Å². The van der Waals surface area contributed by atoms with Crippen molar-refractivity contribution in [2.45, 2.75) is 32.0 Å². The molecule has 4 aromatic carbocycles. The van der Waals surface area contributed by atoms with Crippen LogP contribution >= 0.6 is 11.6 Å². The van der Waals surface area contributed by atoms with E-state index in [4.69, 9.17) is 16.3 Å². The molecule has 4 aromatic rings. The average molecular weight is 527 g/mol. The van der Waals surface area contributed by atoms with Crippen LogP contribution in [0.1, 0.15) is 22.3 Å². The van der Waals surface area contributed by atoms with Gasteiger partial charge in [-0.05, 0) is 46.5 Å². The van der Waals surface area contributed by atoms with Crippen molar-refractivity contribution < 1.29 is 14.3 Å². The second-order valence-corrected chi connectivity index (χ2v) is 9.52. The lowest BCUT2D eigenvalue weighted by atomic mass is 10.0. The molecule has 0 saturated carbocycles. The minimum Gasteiger partial charge on any atom is -0.497 e. The molecule has 38 heavy (non-hydrogen) atoms. The van der Waals surface area contributed by atoms with Crippen molar-refractivity contribution in [1.82, 2.24) is 10.2 Å². The van der Waals surface area contributed by atoms with E-state index >= 15 is 0 Å². The number of ether oxygens (including phenoxy) is 1. The third-order valence-electron chi connectivity index (χ3n) is 6.36. The van der Waals surface area contributed by atoms with Crippen LogP contribution in [-0.2, 0) is 35.5 Å². The molecule has 2 amide bonds. The highest BCUT2D eigenvalue weighted by atomic mass is 35.5. The molecule has 0 saturated heterocycles. The highest BCUT2D eigenvalue weighted by Crippen LogP contribution is 2.19. The van der Waals surface area contributed by atoms with Crippen molar-refractivity contribution in [2.75, 3.05) is 7.11 Å². The van der Waals surface area contributed by atoms with Gasteiger partial charge in [0.2, 0.25) is 11.8 Å². The van der Waals surface area contributed by atoms with Gasteiger partial charge in [-0.25, -0.2) is 0 Å². The summed E-state index contributed by atoms with van der Waals surface area (Å²) in [6.45, 7) is 0.666. The minimum absolute atomic E-state index is 0.140. The van der Waals surface area contributed by atoms with Crippen molar-refractivity contribution in [2.24, 2.45) is 0 Å². The Hall–Kier alpha value is -4.09. The van der Waals surface area contributed by atoms with Crippen LogP contribution in [0.4, 0.5) is 0 Å². The second-order valence-electron chi connectivity index (χ2n) is 9.08. The van der Waals surface area contributed by atoms with Gasteiger partial charge < -0.3 is 15.0 Å². The standard InChI is InChI=1S/C32H31ClN2O3/c1-38-29-18-14-27(15-19-29)23-35(31(36)21-25-12-16-28(33)17-13-25)30(20-24-8-4-2-5-9-24)32(37)34-22-26-10-6-3-7-11-26/h2-19,30H,20-23H2,1H3,(H,34,37). The molecule has 194 valence electrons. The molecule has 0 aliphatic heterocycles. The topological polar surface area (TPSA) is 58.6 Å². The van der Waals surface area contributed by atoms with Crippen molar-refractivity contribution >= 4 is 23.4 Å². The van der Waals surface area contributed by atoms with Crippen LogP contribution in [0.3, 0.4) is 0 Å². The number of methoxy groups -OCH3 is 1. The number of rotatable bonds is 11. The number of amides is 2. The third kappa shape index (κ3) is 7.70. The van der Waals surface area contributed by atoms with Crippen molar-refractivity contribution in [3.63, 3.8) is 0 Å². The van der Waals surface area contributed by atoms with E-state index in [0.29, 0.717) is 18.0 Å². The SMILES string of the molecule is COc1ccc(CN(C(=O)Cc2ccc(Cl)cc2)C(Cc2ccccc2)C(=O)NCc2ccccc2)cc1. The highest BCUT2D eigenvalue weighted by molar-refractivity contribution is 6.30. The smallest absolute Gasteiger partial charge is 0.243 e. The summed E-state index contributed by atoms with van der Waals surface area (Å²) in [5, 5.41) is 3.67. The molecule has 0 spiro atoms. The van der Waals surface area contributed by atoms with Gasteiger partial charge >= 0.3 is 0 Å². The maximum atomic E-state index is 13.8. The van der Waals surface area contributed by atoms with Crippen LogP contribution in [0.25, 0.3) is 0 Å². The molecule has 1 unspecified atom stereocenters. The molecular weight excluding hydrogens is 496 g/mol. The molecule has 5 nitrogen and oxygen atoms in total. The fraction of sp³-hybridized carbons (Fsp3) is 0.188. The van der Waals surface area contributed by atoms with E-state index < -0.39 is 6.04 Å². The molecule has 4 rings (SSSR count). The largest absolute Gasteiger partial charge is 0.497 e. The number of hydrogen-bond acceptors (Lipinski definition) is 3. The maximum absolute atomic E-state index is 13.8. The molecule has 0 aliphatic carbocycles. The lowest BCUT2D eigenvalue weighted by Gasteiger charge is -2.32. The molecule has 0 bridgehead atoms. The fourth-order valence-electron chi connectivity index (χ4n) is 4.26. The number of benzene rings is 4. The molecule has 6 heteroatoms. The Balaban J connectivity index is 1.64. The van der Waals surface area contributed by atoms with Crippen LogP contribution in [0, 0.1) is 0 Å². The van der Waals surface area contributed by atoms with Crippen molar-refractivity contribution in [3.8, 4) is 5.75 Å². The summed E-state index contributed by atoms with van der Waals surface area (Å²) in [4.78, 5) is 29.2. The van der Waals surface area contributed by atoms with Gasteiger partial charge in [-0.15, -0.1) is 0 Å². The first-order chi connectivity index (χ1) is 18.5. The molecule has 0 aliphatic rings. The zero-order chi connectivity index (χ0) is 26.7. The third-order valence-corrected chi connectivity index (χ3v) is 6.61. The summed E-state index contributed by atoms with van der Waals surface area (Å²) in [5.41, 5.74) is 3.71. The summed E-state index contributed by atoms with van der Waals surface area (Å²) in [7, 11) is 1.61. The zero-order valence-electron chi connectivity index (χ0n) is 21.3. The molecule has 0 heterocycles. The number of nitrogens with zero attached hydrogens (tertiary/aromatic N) is 1. The van der Waals surface area contributed by atoms with E-state index in [0.717, 1.165) is 28.0 Å². The van der Waals surface area contributed by atoms with Gasteiger partial charge in [0.05, 0.1) is 13.5 Å². The van der Waals surface area contributed by atoms with Crippen LogP contribution < -0.4 is 10.1 Å². The monoisotopic (exact) mass is 526 g/mol. The Kier molecular flexibility index (Phi) is 9.54. The minimum atomic E-state index is -0.706. The van der Waals surface area contributed by atoms with Crippen LogP contribution in [0.15, 0.2) is 109 Å². The normalized spacial score (nSPS) is 11.4. The Morgan fingerprint density at radius 3 is 1.95 bits per heavy atom. The van der Waals surface area contributed by atoms with Crippen LogP contribution in [0.2, 0.25) is 5.02 Å². The Labute approximate surface area is 229 Å². The Morgan fingerprint density at radius 2 is 1.34 bits per heavy atom. The van der Waals surface area contributed by atoms with Gasteiger partial charge in [0.25, 0.3) is 0 Å². The average Bonchev–Trinajstić information content (AvgIpc) is 2.96. The summed E-state index contributed by atoms with van der Waals surface area (Å²) >= 11 is 6.05. The van der Waals surface area contributed by atoms with Gasteiger partial charge in [-0.3, -0.25) is 9.59 Å². The molecule has 1 N–H and O–H groups in total. The number of nitrogens with one attached hydrogen (secondary N) is 1. The van der Waals surface area contributed by atoms with E-state index in [9.17, 15) is 9.59 Å². The molecular formula is C32H31ClN2O3. The first kappa shape index (κ1) is 27.0. The lowest BCUT2D eigenvalue weighted by molar-refractivity contribution is -0.140. The first-order valence-electron chi connectivity index (χ1n) is 12.5. The van der Waals surface area contributed by atoms with Crippen molar-refractivity contribution in [1.29, 1.82) is 0 Å². The quantitative estimate of drug-likeness (QED) is 0.267. The molecule has 0 fully saturated rings. The summed E-state index contributed by atoms with van der Waals surface area (Å²) in [6, 6.07) is 33.6. The Bertz CT molecular complexity index is 1310. The van der Waals surface area contributed by atoms with E-state index in [2.05, 4.69) is 5.32 Å². The van der Waals surface area contributed by atoms with Gasteiger partial charge in [-0.2, -0.15) is 0 Å².